The van der Waals surface area contributed by atoms with Crippen molar-refractivity contribution in [1.82, 2.24) is 0 Å². The van der Waals surface area contributed by atoms with Gasteiger partial charge in [-0.1, -0.05) is 54.6 Å². The first-order valence-corrected chi connectivity index (χ1v) is 7.86. The van der Waals surface area contributed by atoms with Crippen LogP contribution in [-0.2, 0) is 15.7 Å². The van der Waals surface area contributed by atoms with Crippen molar-refractivity contribution in [1.29, 1.82) is 0 Å². The van der Waals surface area contributed by atoms with Gasteiger partial charge in [0, 0.05) is 0 Å². The first-order valence-electron chi connectivity index (χ1n) is 7.86. The van der Waals surface area contributed by atoms with Gasteiger partial charge in [0.15, 0.2) is 0 Å². The zero-order valence-electron chi connectivity index (χ0n) is 13.8. The lowest BCUT2D eigenvalue weighted by Gasteiger charge is -2.32. The summed E-state index contributed by atoms with van der Waals surface area (Å²) < 4.78 is 12.3. The van der Waals surface area contributed by atoms with Crippen LogP contribution in [0.15, 0.2) is 54.6 Å². The van der Waals surface area contributed by atoms with E-state index >= 15 is 0 Å². The van der Waals surface area contributed by atoms with Crippen LogP contribution in [0, 0.1) is 0 Å². The number of benzene rings is 2. The summed E-state index contributed by atoms with van der Waals surface area (Å²) in [5.74, 6) is 0. The Morgan fingerprint density at radius 1 is 0.773 bits per heavy atom. The monoisotopic (exact) mass is 294 g/mol. The highest BCUT2D eigenvalue weighted by Gasteiger charge is 2.51. The maximum absolute atomic E-state index is 6.13. The third kappa shape index (κ3) is 2.97. The van der Waals surface area contributed by atoms with E-state index in [9.17, 15) is 0 Å². The van der Waals surface area contributed by atoms with E-state index in [4.69, 9.17) is 9.31 Å². The van der Waals surface area contributed by atoms with Crippen LogP contribution in [0.25, 0.3) is 0 Å². The molecule has 0 bridgehead atoms. The van der Waals surface area contributed by atoms with Crippen LogP contribution in [0.1, 0.15) is 38.8 Å². The first kappa shape index (κ1) is 15.3. The van der Waals surface area contributed by atoms with Gasteiger partial charge < -0.3 is 9.31 Å². The molecular weight excluding hydrogens is 271 g/mol. The highest BCUT2D eigenvalue weighted by Crippen LogP contribution is 2.36. The van der Waals surface area contributed by atoms with Crippen LogP contribution < -0.4 is 5.46 Å². The quantitative estimate of drug-likeness (QED) is 0.806. The summed E-state index contributed by atoms with van der Waals surface area (Å²) in [6.07, 6.45) is 0.925. The molecule has 2 aromatic rings. The summed E-state index contributed by atoms with van der Waals surface area (Å²) in [6.45, 7) is 8.34. The maximum Gasteiger partial charge on any atom is 0.494 e. The molecule has 2 nitrogen and oxygen atoms in total. The Labute approximate surface area is 133 Å². The van der Waals surface area contributed by atoms with Gasteiger partial charge in [-0.3, -0.25) is 0 Å². The van der Waals surface area contributed by atoms with Crippen molar-refractivity contribution in [2.75, 3.05) is 0 Å². The molecule has 1 aliphatic heterocycles. The van der Waals surface area contributed by atoms with Crippen LogP contribution in [0.3, 0.4) is 0 Å². The van der Waals surface area contributed by atoms with Crippen molar-refractivity contribution in [3.63, 3.8) is 0 Å². The molecule has 22 heavy (non-hydrogen) atoms. The summed E-state index contributed by atoms with van der Waals surface area (Å²) in [6, 6.07) is 19.0. The normalized spacial score (nSPS) is 19.4. The topological polar surface area (TPSA) is 18.5 Å². The number of hydrogen-bond acceptors (Lipinski definition) is 2. The zero-order chi connectivity index (χ0) is 15.8. The van der Waals surface area contributed by atoms with Crippen molar-refractivity contribution < 1.29 is 9.31 Å². The Morgan fingerprint density at radius 3 is 2.00 bits per heavy atom. The van der Waals surface area contributed by atoms with E-state index in [0.717, 1.165) is 11.9 Å². The Morgan fingerprint density at radius 2 is 1.36 bits per heavy atom. The summed E-state index contributed by atoms with van der Waals surface area (Å²) in [4.78, 5) is 0. The molecule has 114 valence electrons. The molecule has 0 saturated carbocycles. The fourth-order valence-electron chi connectivity index (χ4n) is 2.66. The lowest BCUT2D eigenvalue weighted by molar-refractivity contribution is 0.00578. The lowest BCUT2D eigenvalue weighted by Crippen LogP contribution is -2.41. The van der Waals surface area contributed by atoms with Crippen molar-refractivity contribution in [3.05, 3.63) is 65.7 Å². The van der Waals surface area contributed by atoms with E-state index in [0.29, 0.717) is 0 Å². The van der Waals surface area contributed by atoms with Crippen LogP contribution in [-0.4, -0.2) is 18.3 Å². The molecule has 1 saturated heterocycles. The molecule has 2 aromatic carbocycles. The minimum absolute atomic E-state index is 0.291. The SMILES string of the molecule is CC1(C)OB(c2cccc(Cc3ccccc3)c2)OC1(C)C. The average Bonchev–Trinajstić information content (AvgIpc) is 2.69. The molecule has 0 N–H and O–H groups in total. The van der Waals surface area contributed by atoms with Crippen LogP contribution in [0.2, 0.25) is 0 Å². The first-order chi connectivity index (χ1) is 10.4. The van der Waals surface area contributed by atoms with Gasteiger partial charge >= 0.3 is 7.12 Å². The molecule has 0 spiro atoms. The van der Waals surface area contributed by atoms with Gasteiger partial charge in [-0.25, -0.2) is 0 Å². The van der Waals surface area contributed by atoms with Gasteiger partial charge in [-0.15, -0.1) is 0 Å². The van der Waals surface area contributed by atoms with Crippen molar-refractivity contribution in [2.45, 2.75) is 45.3 Å². The third-order valence-corrected chi connectivity index (χ3v) is 4.73. The summed E-state index contributed by atoms with van der Waals surface area (Å²) in [5, 5.41) is 0. The lowest BCUT2D eigenvalue weighted by atomic mass is 9.78. The van der Waals surface area contributed by atoms with Gasteiger partial charge in [0.1, 0.15) is 0 Å². The Balaban J connectivity index is 1.81. The van der Waals surface area contributed by atoms with Crippen LogP contribution in [0.5, 0.6) is 0 Å². The van der Waals surface area contributed by atoms with Gasteiger partial charge in [0.05, 0.1) is 11.2 Å². The van der Waals surface area contributed by atoms with Gasteiger partial charge in [-0.2, -0.15) is 0 Å². The fraction of sp³-hybridized carbons (Fsp3) is 0.368. The van der Waals surface area contributed by atoms with Crippen LogP contribution in [0.4, 0.5) is 0 Å². The van der Waals surface area contributed by atoms with E-state index in [1.165, 1.54) is 11.1 Å². The second-order valence-corrected chi connectivity index (χ2v) is 7.00. The summed E-state index contributed by atoms with van der Waals surface area (Å²) in [7, 11) is -0.291. The molecule has 0 amide bonds. The molecule has 3 rings (SSSR count). The fourth-order valence-corrected chi connectivity index (χ4v) is 2.66. The van der Waals surface area contributed by atoms with E-state index in [2.05, 4.69) is 76.2 Å². The largest absolute Gasteiger partial charge is 0.494 e. The smallest absolute Gasteiger partial charge is 0.399 e. The van der Waals surface area contributed by atoms with E-state index in [-0.39, 0.29) is 18.3 Å². The molecule has 0 atom stereocenters. The molecular formula is C19H23BO2. The Hall–Kier alpha value is -1.58. The second kappa shape index (κ2) is 5.56. The van der Waals surface area contributed by atoms with Crippen molar-refractivity contribution in [2.24, 2.45) is 0 Å². The van der Waals surface area contributed by atoms with Gasteiger partial charge in [0.25, 0.3) is 0 Å². The third-order valence-electron chi connectivity index (χ3n) is 4.73. The van der Waals surface area contributed by atoms with Crippen molar-refractivity contribution in [3.8, 4) is 0 Å². The standard InChI is InChI=1S/C19H23BO2/c1-18(2)19(3,4)22-20(21-18)17-12-8-11-16(14-17)13-15-9-6-5-7-10-15/h5-12,14H,13H2,1-4H3. The highest BCUT2D eigenvalue weighted by atomic mass is 16.7. The van der Waals surface area contributed by atoms with E-state index < -0.39 is 0 Å². The number of rotatable bonds is 3. The average molecular weight is 294 g/mol. The van der Waals surface area contributed by atoms with E-state index in [1.54, 1.807) is 0 Å². The van der Waals surface area contributed by atoms with Gasteiger partial charge in [-0.05, 0) is 50.7 Å². The Bertz CT molecular complexity index is 633. The number of hydrogen-bond donors (Lipinski definition) is 0. The predicted molar refractivity (Wildman–Crippen MR) is 91.4 cm³/mol. The molecule has 3 heteroatoms. The molecule has 1 fully saturated rings. The summed E-state index contributed by atoms with van der Waals surface area (Å²) >= 11 is 0. The molecule has 0 aliphatic carbocycles. The minimum atomic E-state index is -0.299. The molecule has 0 aromatic heterocycles. The second-order valence-electron chi connectivity index (χ2n) is 7.00. The van der Waals surface area contributed by atoms with Gasteiger partial charge in [0.2, 0.25) is 0 Å². The molecule has 1 heterocycles. The predicted octanol–water partition coefficient (Wildman–Crippen LogP) is 3.58. The minimum Gasteiger partial charge on any atom is -0.399 e. The maximum atomic E-state index is 6.13. The summed E-state index contributed by atoms with van der Waals surface area (Å²) in [5.41, 5.74) is 3.08. The van der Waals surface area contributed by atoms with Crippen LogP contribution >= 0.6 is 0 Å². The zero-order valence-corrected chi connectivity index (χ0v) is 13.8. The van der Waals surface area contributed by atoms with Crippen molar-refractivity contribution >= 4 is 12.6 Å². The molecule has 1 aliphatic rings. The molecule has 0 unspecified atom stereocenters. The van der Waals surface area contributed by atoms with E-state index in [1.807, 2.05) is 6.07 Å². The Kier molecular flexibility index (Phi) is 3.88. The molecule has 0 radical (unpaired) electrons. The highest BCUT2D eigenvalue weighted by molar-refractivity contribution is 6.62.